The minimum Gasteiger partial charge on any atom is -0.359 e. The van der Waals surface area contributed by atoms with Crippen molar-refractivity contribution in [3.63, 3.8) is 0 Å². The number of rotatable bonds is 7. The number of nitriles is 1. The number of nitrogens with one attached hydrogen (secondary N) is 1. The van der Waals surface area contributed by atoms with Gasteiger partial charge in [-0.2, -0.15) is 10.3 Å². The van der Waals surface area contributed by atoms with Crippen LogP contribution in [-0.4, -0.2) is 41.7 Å². The summed E-state index contributed by atoms with van der Waals surface area (Å²) in [5.74, 6) is 1.20. The lowest BCUT2D eigenvalue weighted by Gasteiger charge is -2.46. The van der Waals surface area contributed by atoms with E-state index in [1.165, 1.54) is 11.1 Å². The monoisotopic (exact) mass is 463 g/mol. The van der Waals surface area contributed by atoms with Gasteiger partial charge in [-0.05, 0) is 42.9 Å². The van der Waals surface area contributed by atoms with E-state index in [1.807, 2.05) is 6.08 Å². The SMILES string of the molecule is CCC1(C2N=C3C=CC=CC3N2)CCCN(CCC(c2ccccc2)c2ccccc2)C1=NC#N. The molecule has 0 amide bonds. The third-order valence-corrected chi connectivity index (χ3v) is 7.81. The van der Waals surface area contributed by atoms with Crippen molar-refractivity contribution < 1.29 is 0 Å². The summed E-state index contributed by atoms with van der Waals surface area (Å²) in [5.41, 5.74) is 3.44. The fourth-order valence-electron chi connectivity index (χ4n) is 5.97. The van der Waals surface area contributed by atoms with Crippen LogP contribution in [0.15, 0.2) is 95.0 Å². The number of benzene rings is 2. The molecule has 1 fully saturated rings. The summed E-state index contributed by atoms with van der Waals surface area (Å²) in [4.78, 5) is 11.9. The molecular weight excluding hydrogens is 430 g/mol. The summed E-state index contributed by atoms with van der Waals surface area (Å²) in [6.45, 7) is 3.98. The molecule has 2 heterocycles. The molecule has 178 valence electrons. The largest absolute Gasteiger partial charge is 0.359 e. The van der Waals surface area contributed by atoms with E-state index >= 15 is 0 Å². The van der Waals surface area contributed by atoms with E-state index in [-0.39, 0.29) is 17.6 Å². The van der Waals surface area contributed by atoms with Crippen molar-refractivity contribution >= 4 is 11.5 Å². The smallest absolute Gasteiger partial charge is 0.207 e. The first-order valence-electron chi connectivity index (χ1n) is 12.8. The lowest BCUT2D eigenvalue weighted by molar-refractivity contribution is 0.188. The molecule has 5 nitrogen and oxygen atoms in total. The van der Waals surface area contributed by atoms with Gasteiger partial charge in [0.05, 0.1) is 17.2 Å². The molecule has 5 heteroatoms. The Morgan fingerprint density at radius 2 is 1.83 bits per heavy atom. The predicted octanol–water partition coefficient (Wildman–Crippen LogP) is 5.45. The van der Waals surface area contributed by atoms with E-state index in [0.29, 0.717) is 5.92 Å². The standard InChI is InChI=1S/C30H33N5/c1-2-30(28-33-26-16-9-10-17-27(26)34-28)19-11-20-35(29(30)32-22-31)21-18-25(23-12-5-3-6-13-23)24-14-7-4-8-15-24/h3-10,12-17,25-26,28,33H,2,11,18-21H2,1H3. The van der Waals surface area contributed by atoms with Crippen molar-refractivity contribution in [2.24, 2.45) is 15.4 Å². The van der Waals surface area contributed by atoms with Gasteiger partial charge >= 0.3 is 0 Å². The normalized spacial score (nSPS) is 26.6. The number of hydrogen-bond donors (Lipinski definition) is 1. The number of aliphatic imine (C=N–C) groups is 2. The molecule has 35 heavy (non-hydrogen) atoms. The first-order chi connectivity index (χ1) is 17.2. The van der Waals surface area contributed by atoms with E-state index in [0.717, 1.165) is 50.3 Å². The second-order valence-electron chi connectivity index (χ2n) is 9.64. The first kappa shape index (κ1) is 23.3. The van der Waals surface area contributed by atoms with Gasteiger partial charge in [0.15, 0.2) is 0 Å². The molecule has 0 bridgehead atoms. The first-order valence-corrected chi connectivity index (χ1v) is 12.8. The highest BCUT2D eigenvalue weighted by atomic mass is 15.3. The van der Waals surface area contributed by atoms with Gasteiger partial charge in [-0.15, -0.1) is 0 Å². The van der Waals surface area contributed by atoms with Crippen LogP contribution in [0.3, 0.4) is 0 Å². The molecule has 0 spiro atoms. The van der Waals surface area contributed by atoms with E-state index in [2.05, 4.69) is 107 Å². The van der Waals surface area contributed by atoms with E-state index in [1.54, 1.807) is 0 Å². The lowest BCUT2D eigenvalue weighted by Crippen LogP contribution is -2.57. The van der Waals surface area contributed by atoms with Crippen molar-refractivity contribution in [1.82, 2.24) is 10.2 Å². The van der Waals surface area contributed by atoms with E-state index in [9.17, 15) is 5.26 Å². The van der Waals surface area contributed by atoms with Crippen LogP contribution >= 0.6 is 0 Å². The number of piperidine rings is 1. The van der Waals surface area contributed by atoms with Crippen LogP contribution < -0.4 is 5.32 Å². The number of amidine groups is 1. The highest BCUT2D eigenvalue weighted by Gasteiger charge is 2.49. The molecule has 2 aromatic rings. The Bertz CT molecular complexity index is 1130. The number of nitrogens with zero attached hydrogens (tertiary/aromatic N) is 4. The van der Waals surface area contributed by atoms with Gasteiger partial charge in [-0.3, -0.25) is 10.3 Å². The average Bonchev–Trinajstić information content (AvgIpc) is 3.36. The lowest BCUT2D eigenvalue weighted by atomic mass is 9.73. The van der Waals surface area contributed by atoms with Crippen LogP contribution in [0, 0.1) is 16.9 Å². The molecule has 2 aromatic carbocycles. The fraction of sp³-hybridized carbons (Fsp3) is 0.367. The minimum atomic E-state index is -0.283. The van der Waals surface area contributed by atoms with Crippen molar-refractivity contribution in [3.05, 3.63) is 96.1 Å². The van der Waals surface area contributed by atoms with Crippen LogP contribution in [0.4, 0.5) is 0 Å². The molecule has 0 aromatic heterocycles. The Morgan fingerprint density at radius 1 is 1.11 bits per heavy atom. The third-order valence-electron chi connectivity index (χ3n) is 7.81. The van der Waals surface area contributed by atoms with Gasteiger partial charge < -0.3 is 4.90 Å². The van der Waals surface area contributed by atoms with Crippen molar-refractivity contribution in [1.29, 1.82) is 5.26 Å². The van der Waals surface area contributed by atoms with Crippen molar-refractivity contribution in [3.8, 4) is 6.19 Å². The highest BCUT2D eigenvalue weighted by Crippen LogP contribution is 2.42. The summed E-state index contributed by atoms with van der Waals surface area (Å²) < 4.78 is 0. The zero-order chi connectivity index (χ0) is 24.1. The predicted molar refractivity (Wildman–Crippen MR) is 142 cm³/mol. The third kappa shape index (κ3) is 4.59. The quantitative estimate of drug-likeness (QED) is 0.556. The van der Waals surface area contributed by atoms with Crippen LogP contribution in [0.2, 0.25) is 0 Å². The van der Waals surface area contributed by atoms with Gasteiger partial charge in [-0.25, -0.2) is 0 Å². The van der Waals surface area contributed by atoms with Crippen molar-refractivity contribution in [2.75, 3.05) is 13.1 Å². The zero-order valence-electron chi connectivity index (χ0n) is 20.3. The van der Waals surface area contributed by atoms with Gasteiger partial charge in [0.2, 0.25) is 6.19 Å². The summed E-state index contributed by atoms with van der Waals surface area (Å²) >= 11 is 0. The molecule has 1 aliphatic carbocycles. The molecule has 5 rings (SSSR count). The Balaban J connectivity index is 1.42. The number of hydrogen-bond acceptors (Lipinski definition) is 4. The maximum atomic E-state index is 9.70. The second kappa shape index (κ2) is 10.4. The highest BCUT2D eigenvalue weighted by molar-refractivity contribution is 6.04. The van der Waals surface area contributed by atoms with Crippen molar-refractivity contribution in [2.45, 2.75) is 50.7 Å². The molecule has 3 unspecified atom stereocenters. The van der Waals surface area contributed by atoms with Gasteiger partial charge in [0.1, 0.15) is 12.0 Å². The fourth-order valence-corrected chi connectivity index (χ4v) is 5.97. The Kier molecular flexibility index (Phi) is 6.92. The molecule has 2 aliphatic heterocycles. The Hall–Kier alpha value is -3.49. The van der Waals surface area contributed by atoms with Gasteiger partial charge in [0, 0.05) is 19.0 Å². The molecule has 1 saturated heterocycles. The zero-order valence-corrected chi connectivity index (χ0v) is 20.3. The summed E-state index contributed by atoms with van der Waals surface area (Å²) in [6.07, 6.45) is 14.3. The summed E-state index contributed by atoms with van der Waals surface area (Å²) in [7, 11) is 0. The van der Waals surface area contributed by atoms with Crippen LogP contribution in [0.5, 0.6) is 0 Å². The van der Waals surface area contributed by atoms with E-state index < -0.39 is 0 Å². The second-order valence-corrected chi connectivity index (χ2v) is 9.64. The molecule has 3 aliphatic rings. The number of likely N-dealkylation sites (tertiary alicyclic amines) is 1. The maximum absolute atomic E-state index is 9.70. The minimum absolute atomic E-state index is 0.0751. The maximum Gasteiger partial charge on any atom is 0.207 e. The average molecular weight is 464 g/mol. The summed E-state index contributed by atoms with van der Waals surface area (Å²) in [6, 6.07) is 21.6. The number of allylic oxidation sites excluding steroid dienone is 2. The van der Waals surface area contributed by atoms with Crippen LogP contribution in [0.1, 0.15) is 49.7 Å². The Labute approximate surface area is 208 Å². The molecule has 0 saturated carbocycles. The Morgan fingerprint density at radius 3 is 2.46 bits per heavy atom. The summed E-state index contributed by atoms with van der Waals surface area (Å²) in [5, 5.41) is 13.4. The van der Waals surface area contributed by atoms with Gasteiger partial charge in [0.25, 0.3) is 0 Å². The van der Waals surface area contributed by atoms with Crippen LogP contribution in [0.25, 0.3) is 0 Å². The molecule has 1 N–H and O–H groups in total. The topological polar surface area (TPSA) is 63.8 Å². The van der Waals surface area contributed by atoms with Gasteiger partial charge in [-0.1, -0.05) is 85.8 Å². The molecule has 0 radical (unpaired) electrons. The number of fused-ring (bicyclic) bond motifs is 1. The van der Waals surface area contributed by atoms with Crippen LogP contribution in [-0.2, 0) is 0 Å². The van der Waals surface area contributed by atoms with E-state index in [4.69, 9.17) is 4.99 Å². The molecule has 3 atom stereocenters. The molecular formula is C30H33N5.